The van der Waals surface area contributed by atoms with Crippen molar-refractivity contribution >= 4 is 5.97 Å². The summed E-state index contributed by atoms with van der Waals surface area (Å²) in [5.41, 5.74) is 3.23. The lowest BCUT2D eigenvalue weighted by atomic mass is 9.41. The van der Waals surface area contributed by atoms with Gasteiger partial charge in [0.25, 0.3) is 0 Å². The number of carbonyl (C=O) groups is 1. The number of aryl methyl sites for hydroxylation is 1. The summed E-state index contributed by atoms with van der Waals surface area (Å²) in [4.78, 5) is 12.9. The highest BCUT2D eigenvalue weighted by molar-refractivity contribution is 5.78. The number of fused-ring (bicyclic) bond motifs is 3. The van der Waals surface area contributed by atoms with Gasteiger partial charge >= 0.3 is 5.97 Å². The van der Waals surface area contributed by atoms with E-state index in [1.165, 1.54) is 18.2 Å². The van der Waals surface area contributed by atoms with Gasteiger partial charge in [0.1, 0.15) is 12.4 Å². The van der Waals surface area contributed by atoms with Gasteiger partial charge in [0, 0.05) is 0 Å². The van der Waals surface area contributed by atoms with Crippen molar-refractivity contribution in [1.82, 2.24) is 0 Å². The van der Waals surface area contributed by atoms with Gasteiger partial charge in [-0.2, -0.15) is 0 Å². The SMILES string of the molecule is COC(=O)[C@@]1(C)CCC[C@]2(C)c3cc(OCc4ccccc4)ccc3CC[C@@]12C. The maximum absolute atomic E-state index is 12.9. The van der Waals surface area contributed by atoms with Crippen molar-refractivity contribution in [3.63, 3.8) is 0 Å². The van der Waals surface area contributed by atoms with Crippen molar-refractivity contribution in [1.29, 1.82) is 0 Å². The Kier molecular flexibility index (Phi) is 4.96. The molecule has 3 atom stereocenters. The zero-order valence-corrected chi connectivity index (χ0v) is 18.1. The van der Waals surface area contributed by atoms with E-state index < -0.39 is 5.41 Å². The summed E-state index contributed by atoms with van der Waals surface area (Å²) in [5, 5.41) is 0. The fourth-order valence-electron chi connectivity index (χ4n) is 6.00. The molecule has 0 radical (unpaired) electrons. The van der Waals surface area contributed by atoms with Crippen LogP contribution in [0.4, 0.5) is 0 Å². The molecule has 0 aliphatic heterocycles. The van der Waals surface area contributed by atoms with Crippen LogP contribution < -0.4 is 4.74 Å². The molecule has 2 aromatic rings. The molecule has 1 fully saturated rings. The van der Waals surface area contributed by atoms with Crippen LogP contribution in [0.25, 0.3) is 0 Å². The first kappa shape index (κ1) is 20.0. The molecule has 2 aliphatic carbocycles. The summed E-state index contributed by atoms with van der Waals surface area (Å²) in [6.45, 7) is 7.35. The highest BCUT2D eigenvalue weighted by atomic mass is 16.5. The van der Waals surface area contributed by atoms with Gasteiger partial charge in [-0.1, -0.05) is 56.7 Å². The van der Waals surface area contributed by atoms with E-state index in [4.69, 9.17) is 9.47 Å². The van der Waals surface area contributed by atoms with E-state index in [0.29, 0.717) is 6.61 Å². The third-order valence-electron chi connectivity index (χ3n) is 8.24. The van der Waals surface area contributed by atoms with Crippen molar-refractivity contribution < 1.29 is 14.3 Å². The summed E-state index contributed by atoms with van der Waals surface area (Å²) in [7, 11) is 1.52. The maximum atomic E-state index is 12.9. The van der Waals surface area contributed by atoms with Crippen LogP contribution in [0.15, 0.2) is 48.5 Å². The third kappa shape index (κ3) is 2.97. The zero-order valence-electron chi connectivity index (χ0n) is 18.1. The van der Waals surface area contributed by atoms with Crippen LogP contribution >= 0.6 is 0 Å². The van der Waals surface area contributed by atoms with Crippen LogP contribution in [0.3, 0.4) is 0 Å². The van der Waals surface area contributed by atoms with Gasteiger partial charge < -0.3 is 9.47 Å². The molecule has 0 bridgehead atoms. The number of esters is 1. The average Bonchev–Trinajstić information content (AvgIpc) is 2.74. The number of methoxy groups -OCH3 is 1. The predicted molar refractivity (Wildman–Crippen MR) is 115 cm³/mol. The summed E-state index contributed by atoms with van der Waals surface area (Å²) in [5.74, 6) is 0.842. The second-order valence-electron chi connectivity index (χ2n) is 9.43. The van der Waals surface area contributed by atoms with E-state index in [9.17, 15) is 4.79 Å². The van der Waals surface area contributed by atoms with Crippen molar-refractivity contribution in [3.05, 3.63) is 65.2 Å². The molecular weight excluding hydrogens is 360 g/mol. The van der Waals surface area contributed by atoms with Gasteiger partial charge in [0.05, 0.1) is 12.5 Å². The molecule has 0 saturated heterocycles. The maximum Gasteiger partial charge on any atom is 0.312 e. The largest absolute Gasteiger partial charge is 0.489 e. The van der Waals surface area contributed by atoms with Gasteiger partial charge in [-0.15, -0.1) is 0 Å². The molecule has 3 nitrogen and oxygen atoms in total. The Bertz CT molecular complexity index is 905. The van der Waals surface area contributed by atoms with E-state index in [1.54, 1.807) is 0 Å². The summed E-state index contributed by atoms with van der Waals surface area (Å²) in [6, 6.07) is 16.8. The second-order valence-corrected chi connectivity index (χ2v) is 9.43. The van der Waals surface area contributed by atoms with E-state index in [-0.39, 0.29) is 16.8 Å². The first-order valence-electron chi connectivity index (χ1n) is 10.7. The Hall–Kier alpha value is -2.29. The molecule has 0 N–H and O–H groups in total. The van der Waals surface area contributed by atoms with Crippen molar-refractivity contribution in [3.8, 4) is 5.75 Å². The minimum Gasteiger partial charge on any atom is -0.489 e. The Morgan fingerprint density at radius 1 is 1.00 bits per heavy atom. The first-order valence-corrected chi connectivity index (χ1v) is 10.7. The standard InChI is InChI=1S/C26H32O3/c1-24-14-8-15-25(2,23(27)28-4)26(24,3)16-13-20-11-12-21(17-22(20)24)29-18-19-9-6-5-7-10-19/h5-7,9-12,17H,8,13-16,18H2,1-4H3/t24-,25-,26-/m1/s1. The molecule has 2 aliphatic rings. The van der Waals surface area contributed by atoms with Gasteiger partial charge in [-0.3, -0.25) is 4.79 Å². The van der Waals surface area contributed by atoms with E-state index in [2.05, 4.69) is 51.1 Å². The number of benzene rings is 2. The number of hydrogen-bond acceptors (Lipinski definition) is 3. The van der Waals surface area contributed by atoms with Crippen LogP contribution in [-0.4, -0.2) is 13.1 Å². The van der Waals surface area contributed by atoms with Gasteiger partial charge in [0.15, 0.2) is 0 Å². The number of rotatable bonds is 4. The lowest BCUT2D eigenvalue weighted by Crippen LogP contribution is -2.60. The number of carbonyl (C=O) groups excluding carboxylic acids is 1. The zero-order chi connectivity index (χ0) is 20.7. The minimum absolute atomic E-state index is 0.0640. The molecule has 4 rings (SSSR count). The third-order valence-corrected chi connectivity index (χ3v) is 8.24. The highest BCUT2D eigenvalue weighted by Gasteiger charge is 2.63. The van der Waals surface area contributed by atoms with Crippen LogP contribution in [0.2, 0.25) is 0 Å². The summed E-state index contributed by atoms with van der Waals surface area (Å²) < 4.78 is 11.4. The van der Waals surface area contributed by atoms with Crippen molar-refractivity contribution in [2.24, 2.45) is 10.8 Å². The minimum atomic E-state index is -0.465. The second kappa shape index (κ2) is 7.19. The van der Waals surface area contributed by atoms with Gasteiger partial charge in [0.2, 0.25) is 0 Å². The topological polar surface area (TPSA) is 35.5 Å². The Morgan fingerprint density at radius 3 is 2.48 bits per heavy atom. The van der Waals surface area contributed by atoms with Crippen molar-refractivity contribution in [2.75, 3.05) is 7.11 Å². The molecule has 2 aromatic carbocycles. The monoisotopic (exact) mass is 392 g/mol. The number of hydrogen-bond donors (Lipinski definition) is 0. The highest BCUT2D eigenvalue weighted by Crippen LogP contribution is 2.65. The van der Waals surface area contributed by atoms with Crippen LogP contribution in [0.1, 0.15) is 63.1 Å². The predicted octanol–water partition coefficient (Wildman–Crippen LogP) is 5.84. The molecule has 0 heterocycles. The molecule has 0 amide bonds. The Balaban J connectivity index is 1.69. The number of ether oxygens (including phenoxy) is 2. The van der Waals surface area contributed by atoms with E-state index in [1.807, 2.05) is 18.2 Å². The molecule has 29 heavy (non-hydrogen) atoms. The molecule has 3 heteroatoms. The molecule has 1 saturated carbocycles. The summed E-state index contributed by atoms with van der Waals surface area (Å²) >= 11 is 0. The quantitative estimate of drug-likeness (QED) is 0.613. The van der Waals surface area contributed by atoms with Gasteiger partial charge in [-0.25, -0.2) is 0 Å². The lowest BCUT2D eigenvalue weighted by Gasteiger charge is -2.61. The smallest absolute Gasteiger partial charge is 0.312 e. The first-order chi connectivity index (χ1) is 13.8. The lowest BCUT2D eigenvalue weighted by molar-refractivity contribution is -0.172. The fraction of sp³-hybridized carbons (Fsp3) is 0.500. The van der Waals surface area contributed by atoms with E-state index >= 15 is 0 Å². The average molecular weight is 393 g/mol. The van der Waals surface area contributed by atoms with Crippen LogP contribution in [0, 0.1) is 10.8 Å². The Labute approximate surface area is 174 Å². The molecule has 154 valence electrons. The summed E-state index contributed by atoms with van der Waals surface area (Å²) in [6.07, 6.45) is 5.02. The molecule has 0 unspecified atom stereocenters. The fourth-order valence-corrected chi connectivity index (χ4v) is 6.00. The van der Waals surface area contributed by atoms with Crippen LogP contribution in [0.5, 0.6) is 5.75 Å². The molecular formula is C26H32O3. The van der Waals surface area contributed by atoms with E-state index in [0.717, 1.165) is 43.4 Å². The van der Waals surface area contributed by atoms with Crippen LogP contribution in [-0.2, 0) is 28.0 Å². The van der Waals surface area contributed by atoms with Gasteiger partial charge in [-0.05, 0) is 72.3 Å². The molecule has 0 aromatic heterocycles. The van der Waals surface area contributed by atoms with Crippen molar-refractivity contribution in [2.45, 2.75) is 64.9 Å². The molecule has 0 spiro atoms. The Morgan fingerprint density at radius 2 is 1.76 bits per heavy atom. The normalized spacial score (nSPS) is 30.8.